The molecule has 0 heterocycles. The molecule has 0 spiro atoms. The molecule has 0 bridgehead atoms. The van der Waals surface area contributed by atoms with Gasteiger partial charge in [0.2, 0.25) is 0 Å². The summed E-state index contributed by atoms with van der Waals surface area (Å²) in [5.74, 6) is 0. The third-order valence-corrected chi connectivity index (χ3v) is 6.93. The van der Waals surface area contributed by atoms with Crippen molar-refractivity contribution in [2.45, 2.75) is 32.7 Å². The Labute approximate surface area is 160 Å². The highest BCUT2D eigenvalue weighted by Crippen LogP contribution is 2.28. The maximum Gasteiger partial charge on any atom is 0.173 e. The van der Waals surface area contributed by atoms with Crippen LogP contribution in [0.15, 0.2) is 72.8 Å². The third-order valence-electron chi connectivity index (χ3n) is 5.19. The van der Waals surface area contributed by atoms with Crippen LogP contribution in [-0.4, -0.2) is 16.4 Å². The molecule has 0 amide bonds. The number of hydrogen-bond acceptors (Lipinski definition) is 1. The van der Waals surface area contributed by atoms with Crippen molar-refractivity contribution in [3.8, 4) is 0 Å². The molecule has 0 saturated carbocycles. The van der Waals surface area contributed by atoms with Crippen LogP contribution in [0, 0.1) is 20.8 Å². The second-order valence-electron chi connectivity index (χ2n) is 7.02. The van der Waals surface area contributed by atoms with Crippen LogP contribution in [0.3, 0.4) is 0 Å². The Morgan fingerprint density at radius 2 is 1.19 bits per heavy atom. The van der Waals surface area contributed by atoms with E-state index in [0.29, 0.717) is 5.54 Å². The van der Waals surface area contributed by atoms with Crippen LogP contribution in [0.1, 0.15) is 38.9 Å². The van der Waals surface area contributed by atoms with E-state index in [9.17, 15) is 0 Å². The molecule has 3 aromatic rings. The average molecular weight is 361 g/mol. The van der Waals surface area contributed by atoms with Crippen molar-refractivity contribution in [1.82, 2.24) is 0 Å². The van der Waals surface area contributed by atoms with E-state index in [1.54, 1.807) is 0 Å². The van der Waals surface area contributed by atoms with Gasteiger partial charge in [-0.2, -0.15) is 0 Å². The standard InChI is InChI=1S/C24H28OSi/c1-18-10-4-7-13-21(18)16-17-25-26-24(22-14-8-5-11-19(22)2)23-15-9-6-12-20(23)3/h4-15,24H,16-17,26H2,1-3H3. The summed E-state index contributed by atoms with van der Waals surface area (Å²) in [6, 6.07) is 26.1. The van der Waals surface area contributed by atoms with Gasteiger partial charge in [0.15, 0.2) is 9.76 Å². The van der Waals surface area contributed by atoms with Crippen molar-refractivity contribution in [3.05, 3.63) is 106 Å². The minimum absolute atomic E-state index is 0.411. The molecule has 1 nitrogen and oxygen atoms in total. The second kappa shape index (κ2) is 8.97. The summed E-state index contributed by atoms with van der Waals surface area (Å²) in [5, 5.41) is 0. The molecular weight excluding hydrogens is 332 g/mol. The van der Waals surface area contributed by atoms with E-state index in [4.69, 9.17) is 4.43 Å². The van der Waals surface area contributed by atoms with Gasteiger partial charge in [0, 0.05) is 12.1 Å². The van der Waals surface area contributed by atoms with Crippen LogP contribution in [0.2, 0.25) is 0 Å². The molecule has 26 heavy (non-hydrogen) atoms. The van der Waals surface area contributed by atoms with E-state index in [0.717, 1.165) is 13.0 Å². The maximum atomic E-state index is 6.31. The molecule has 0 N–H and O–H groups in total. The molecular formula is C24H28OSi. The number of aryl methyl sites for hydroxylation is 3. The van der Waals surface area contributed by atoms with E-state index < -0.39 is 9.76 Å². The van der Waals surface area contributed by atoms with Gasteiger partial charge in [0.25, 0.3) is 0 Å². The van der Waals surface area contributed by atoms with Gasteiger partial charge in [0.1, 0.15) is 0 Å². The molecule has 3 rings (SSSR count). The first-order valence-electron chi connectivity index (χ1n) is 9.40. The van der Waals surface area contributed by atoms with Gasteiger partial charge in [0.05, 0.1) is 0 Å². The quantitative estimate of drug-likeness (QED) is 0.423. The highest BCUT2D eigenvalue weighted by molar-refractivity contribution is 6.31. The molecule has 0 aromatic heterocycles. The highest BCUT2D eigenvalue weighted by Gasteiger charge is 2.18. The Balaban J connectivity index is 1.74. The van der Waals surface area contributed by atoms with Gasteiger partial charge in [-0.3, -0.25) is 0 Å². The lowest BCUT2D eigenvalue weighted by molar-refractivity contribution is 0.336. The van der Waals surface area contributed by atoms with Crippen molar-refractivity contribution >= 4 is 9.76 Å². The second-order valence-corrected chi connectivity index (χ2v) is 8.58. The van der Waals surface area contributed by atoms with Gasteiger partial charge in [-0.25, -0.2) is 0 Å². The predicted octanol–water partition coefficient (Wildman–Crippen LogP) is 5.04. The van der Waals surface area contributed by atoms with Gasteiger partial charge in [-0.1, -0.05) is 72.8 Å². The zero-order valence-corrected chi connectivity index (χ0v) is 17.4. The number of rotatable bonds is 7. The Morgan fingerprint density at radius 3 is 1.73 bits per heavy atom. The molecule has 0 radical (unpaired) electrons. The summed E-state index contributed by atoms with van der Waals surface area (Å²) >= 11 is 0. The number of benzene rings is 3. The first kappa shape index (κ1) is 18.6. The minimum Gasteiger partial charge on any atom is -0.423 e. The monoisotopic (exact) mass is 360 g/mol. The lowest BCUT2D eigenvalue weighted by Crippen LogP contribution is -2.17. The van der Waals surface area contributed by atoms with Crippen molar-refractivity contribution in [1.29, 1.82) is 0 Å². The van der Waals surface area contributed by atoms with Crippen molar-refractivity contribution in [2.75, 3.05) is 6.61 Å². The first-order chi connectivity index (χ1) is 12.7. The molecule has 0 saturated heterocycles. The zero-order chi connectivity index (χ0) is 18.4. The molecule has 3 aromatic carbocycles. The number of hydrogen-bond donors (Lipinski definition) is 0. The summed E-state index contributed by atoms with van der Waals surface area (Å²) in [7, 11) is -0.742. The lowest BCUT2D eigenvalue weighted by atomic mass is 9.97. The van der Waals surface area contributed by atoms with Crippen LogP contribution in [0.25, 0.3) is 0 Å². The average Bonchev–Trinajstić information content (AvgIpc) is 2.65. The highest BCUT2D eigenvalue weighted by atomic mass is 28.2. The third kappa shape index (κ3) is 4.51. The van der Waals surface area contributed by atoms with Gasteiger partial charge >= 0.3 is 0 Å². The molecule has 0 aliphatic carbocycles. The molecule has 0 aliphatic rings. The molecule has 0 unspecified atom stereocenters. The van der Waals surface area contributed by atoms with Crippen LogP contribution < -0.4 is 0 Å². The normalized spacial score (nSPS) is 11.5. The Morgan fingerprint density at radius 1 is 0.692 bits per heavy atom. The first-order valence-corrected chi connectivity index (χ1v) is 10.8. The maximum absolute atomic E-state index is 6.31. The summed E-state index contributed by atoms with van der Waals surface area (Å²) in [6.07, 6.45) is 0.994. The van der Waals surface area contributed by atoms with Gasteiger partial charge < -0.3 is 4.43 Å². The topological polar surface area (TPSA) is 9.23 Å². The van der Waals surface area contributed by atoms with Crippen molar-refractivity contribution in [2.24, 2.45) is 0 Å². The van der Waals surface area contributed by atoms with E-state index in [-0.39, 0.29) is 0 Å². The van der Waals surface area contributed by atoms with Crippen molar-refractivity contribution in [3.63, 3.8) is 0 Å². The zero-order valence-electron chi connectivity index (χ0n) is 16.0. The fraction of sp³-hybridized carbons (Fsp3) is 0.250. The van der Waals surface area contributed by atoms with Crippen LogP contribution in [-0.2, 0) is 10.8 Å². The van der Waals surface area contributed by atoms with E-state index >= 15 is 0 Å². The van der Waals surface area contributed by atoms with Gasteiger partial charge in [-0.15, -0.1) is 0 Å². The summed E-state index contributed by atoms with van der Waals surface area (Å²) in [5.41, 5.74) is 8.71. The smallest absolute Gasteiger partial charge is 0.173 e. The lowest BCUT2D eigenvalue weighted by Gasteiger charge is -2.21. The summed E-state index contributed by atoms with van der Waals surface area (Å²) in [4.78, 5) is 0. The molecule has 2 heteroatoms. The molecule has 134 valence electrons. The molecule has 0 aliphatic heterocycles. The van der Waals surface area contributed by atoms with Crippen LogP contribution in [0.5, 0.6) is 0 Å². The fourth-order valence-corrected chi connectivity index (χ4v) is 5.40. The van der Waals surface area contributed by atoms with E-state index in [1.807, 2.05) is 0 Å². The molecule has 0 atom stereocenters. The van der Waals surface area contributed by atoms with Crippen LogP contribution >= 0.6 is 0 Å². The fourth-order valence-electron chi connectivity index (χ4n) is 3.58. The Hall–Kier alpha value is -2.16. The largest absolute Gasteiger partial charge is 0.423 e. The molecule has 0 fully saturated rings. The predicted molar refractivity (Wildman–Crippen MR) is 114 cm³/mol. The van der Waals surface area contributed by atoms with E-state index in [1.165, 1.54) is 33.4 Å². The summed E-state index contributed by atoms with van der Waals surface area (Å²) < 4.78 is 6.31. The Bertz CT molecular complexity index is 811. The van der Waals surface area contributed by atoms with Crippen LogP contribution in [0.4, 0.5) is 0 Å². The van der Waals surface area contributed by atoms with Crippen molar-refractivity contribution < 1.29 is 4.43 Å². The van der Waals surface area contributed by atoms with E-state index in [2.05, 4.69) is 93.6 Å². The SMILES string of the molecule is Cc1ccccc1CCO[SiH2]C(c1ccccc1C)c1ccccc1C. The Kier molecular flexibility index (Phi) is 6.43. The van der Waals surface area contributed by atoms with Gasteiger partial charge in [-0.05, 0) is 60.6 Å². The summed E-state index contributed by atoms with van der Waals surface area (Å²) in [6.45, 7) is 7.41. The minimum atomic E-state index is -0.742.